The van der Waals surface area contributed by atoms with E-state index in [9.17, 15) is 5.11 Å². The van der Waals surface area contributed by atoms with Crippen molar-refractivity contribution >= 4 is 0 Å². The largest absolute Gasteiger partial charge is 1.00 e. The molecule has 0 radical (unpaired) electrons. The van der Waals surface area contributed by atoms with E-state index in [4.69, 9.17) is 4.74 Å². The van der Waals surface area contributed by atoms with Crippen LogP contribution in [0.5, 0.6) is 0 Å². The zero-order valence-electron chi connectivity index (χ0n) is 9.57. The number of allylic oxidation sites excluding steroid dienone is 1. The van der Waals surface area contributed by atoms with Crippen molar-refractivity contribution in [3.8, 4) is 0 Å². The van der Waals surface area contributed by atoms with E-state index in [1.54, 1.807) is 6.08 Å². The zero-order chi connectivity index (χ0) is 10.4. The van der Waals surface area contributed by atoms with Gasteiger partial charge in [0.2, 0.25) is 0 Å². The summed E-state index contributed by atoms with van der Waals surface area (Å²) in [5.74, 6) is -0.0119. The van der Waals surface area contributed by atoms with Crippen molar-refractivity contribution in [2.24, 2.45) is 5.92 Å². The summed E-state index contributed by atoms with van der Waals surface area (Å²) in [5, 5.41) is 11.1. The molecule has 0 bridgehead atoms. The third-order valence-electron chi connectivity index (χ3n) is 1.69. The average Bonchev–Trinajstić information content (AvgIpc) is 2.15. The molecule has 0 fully saturated rings. The van der Waals surface area contributed by atoms with Crippen molar-refractivity contribution < 1.29 is 28.7 Å². The van der Waals surface area contributed by atoms with E-state index < -0.39 is 0 Å². The summed E-state index contributed by atoms with van der Waals surface area (Å²) in [6.45, 7) is 4.25. The third kappa shape index (κ3) is 6.27. The van der Waals surface area contributed by atoms with Crippen LogP contribution in [-0.4, -0.2) is 0 Å². The van der Waals surface area contributed by atoms with E-state index >= 15 is 0 Å². The minimum Gasteiger partial charge on any atom is -0.609 e. The van der Waals surface area contributed by atoms with Crippen LogP contribution in [-0.2, 0) is 11.3 Å². The van der Waals surface area contributed by atoms with Gasteiger partial charge in [-0.25, -0.2) is 0 Å². The maximum atomic E-state index is 11.1. The van der Waals surface area contributed by atoms with Crippen LogP contribution in [0.1, 0.15) is 19.4 Å². The first-order valence-corrected chi connectivity index (χ1v) is 4.74. The Balaban J connectivity index is 0.00000196. The van der Waals surface area contributed by atoms with E-state index in [0.717, 1.165) is 5.56 Å². The van der Waals surface area contributed by atoms with Gasteiger partial charge < -0.3 is 9.84 Å². The second kappa shape index (κ2) is 7.45. The van der Waals surface area contributed by atoms with E-state index in [2.05, 4.69) is 0 Å². The molecule has 0 aliphatic rings. The van der Waals surface area contributed by atoms with E-state index in [1.165, 1.54) is 0 Å². The van der Waals surface area contributed by atoms with Gasteiger partial charge in [-0.2, -0.15) is 0 Å². The second-order valence-corrected chi connectivity index (χ2v) is 3.50. The minimum absolute atomic E-state index is 0. The molecule has 2 nitrogen and oxygen atoms in total. The number of ether oxygens (including phenoxy) is 1. The molecule has 0 saturated heterocycles. The van der Waals surface area contributed by atoms with Crippen LogP contribution in [0, 0.1) is 5.92 Å². The fourth-order valence-corrected chi connectivity index (χ4v) is 1.05. The molecule has 0 aliphatic carbocycles. The molecule has 1 aromatic rings. The molecule has 1 rings (SSSR count). The zero-order valence-corrected chi connectivity index (χ0v) is 9.57. The number of benzene rings is 1. The third-order valence-corrected chi connectivity index (χ3v) is 1.69. The molecule has 15 heavy (non-hydrogen) atoms. The Labute approximate surface area is 103 Å². The van der Waals surface area contributed by atoms with Gasteiger partial charge in [-0.15, -0.1) is 0 Å². The van der Waals surface area contributed by atoms with Gasteiger partial charge in [-0.05, 0) is 11.5 Å². The van der Waals surface area contributed by atoms with Gasteiger partial charge in [-0.1, -0.05) is 50.3 Å². The predicted octanol–water partition coefficient (Wildman–Crippen LogP) is -0.935. The summed E-state index contributed by atoms with van der Waals surface area (Å²) in [6, 6.07) is 9.65. The molecule has 0 amide bonds. The van der Waals surface area contributed by atoms with E-state index in [0.29, 0.717) is 6.61 Å². The molecule has 0 atom stereocenters. The van der Waals surface area contributed by atoms with Crippen molar-refractivity contribution in [1.82, 2.24) is 0 Å². The van der Waals surface area contributed by atoms with Crippen molar-refractivity contribution in [3.63, 3.8) is 0 Å². The van der Waals surface area contributed by atoms with Gasteiger partial charge in [-0.3, -0.25) is 0 Å². The molecular weight excluding hydrogens is 183 g/mol. The van der Waals surface area contributed by atoms with Gasteiger partial charge in [0.15, 0.2) is 0 Å². The molecule has 0 aliphatic heterocycles. The Morgan fingerprint density at radius 3 is 2.47 bits per heavy atom. The van der Waals surface area contributed by atoms with Crippen molar-refractivity contribution in [3.05, 3.63) is 47.9 Å². The summed E-state index contributed by atoms with van der Waals surface area (Å²) >= 11 is 0. The Hall–Kier alpha value is -0.843. The first-order chi connectivity index (χ1) is 6.68. The maximum absolute atomic E-state index is 11.1. The molecule has 0 spiro atoms. The summed E-state index contributed by atoms with van der Waals surface area (Å²) in [4.78, 5) is 0. The Morgan fingerprint density at radius 1 is 1.33 bits per heavy atom. The molecule has 0 saturated carbocycles. The normalized spacial score (nSPS) is 11.0. The first-order valence-electron chi connectivity index (χ1n) is 4.74. The minimum atomic E-state index is -0.246. The molecule has 76 valence electrons. The smallest absolute Gasteiger partial charge is 0.609 e. The van der Waals surface area contributed by atoms with Crippen molar-refractivity contribution in [2.45, 2.75) is 20.5 Å². The van der Waals surface area contributed by atoms with Crippen LogP contribution >= 0.6 is 0 Å². The summed E-state index contributed by atoms with van der Waals surface area (Å²) in [7, 11) is 0. The predicted molar refractivity (Wildman–Crippen MR) is 54.2 cm³/mol. The number of rotatable bonds is 4. The molecular formula is C12H15LiO2. The van der Waals surface area contributed by atoms with Crippen molar-refractivity contribution in [1.29, 1.82) is 0 Å². The fourth-order valence-electron chi connectivity index (χ4n) is 1.05. The molecule has 1 aromatic carbocycles. The van der Waals surface area contributed by atoms with Crippen LogP contribution < -0.4 is 24.0 Å². The van der Waals surface area contributed by atoms with Crippen LogP contribution in [0.2, 0.25) is 0 Å². The average molecular weight is 198 g/mol. The molecule has 3 heteroatoms. The van der Waals surface area contributed by atoms with Crippen LogP contribution in [0.15, 0.2) is 42.4 Å². The molecule has 0 heterocycles. The van der Waals surface area contributed by atoms with Gasteiger partial charge in [0.05, 0.1) is 0 Å². The topological polar surface area (TPSA) is 32.3 Å². The fraction of sp³-hybridized carbons (Fsp3) is 0.333. The number of hydrogen-bond acceptors (Lipinski definition) is 2. The Kier molecular flexibility index (Phi) is 7.03. The van der Waals surface area contributed by atoms with E-state index in [-0.39, 0.29) is 30.7 Å². The Bertz CT molecular complexity index is 294. The molecule has 0 N–H and O–H groups in total. The molecule has 0 aromatic heterocycles. The Morgan fingerprint density at radius 2 is 1.93 bits per heavy atom. The van der Waals surface area contributed by atoms with Gasteiger partial charge >= 0.3 is 18.9 Å². The molecule has 0 unspecified atom stereocenters. The SMILES string of the molecule is CC(C)/C=C(\[O-])OCc1ccccc1.[Li+]. The van der Waals surface area contributed by atoms with Crippen LogP contribution in [0.3, 0.4) is 0 Å². The standard InChI is InChI=1S/C12H16O2.Li/c1-10(2)8-12(13)14-9-11-6-4-3-5-7-11;/h3-8,10,13H,9H2,1-2H3;/q;+1/p-1/b12-8+;. The van der Waals surface area contributed by atoms with Gasteiger partial charge in [0.1, 0.15) is 0 Å². The monoisotopic (exact) mass is 198 g/mol. The quantitative estimate of drug-likeness (QED) is 0.462. The summed E-state index contributed by atoms with van der Waals surface area (Å²) in [5.41, 5.74) is 1.01. The summed E-state index contributed by atoms with van der Waals surface area (Å²) < 4.78 is 5.04. The van der Waals surface area contributed by atoms with Gasteiger partial charge in [0, 0.05) is 12.6 Å². The maximum Gasteiger partial charge on any atom is 1.00 e. The van der Waals surface area contributed by atoms with Crippen LogP contribution in [0.25, 0.3) is 0 Å². The van der Waals surface area contributed by atoms with Crippen LogP contribution in [0.4, 0.5) is 0 Å². The number of hydrogen-bond donors (Lipinski definition) is 0. The second-order valence-electron chi connectivity index (χ2n) is 3.50. The van der Waals surface area contributed by atoms with Crippen molar-refractivity contribution in [2.75, 3.05) is 0 Å². The first kappa shape index (κ1) is 14.2. The van der Waals surface area contributed by atoms with Gasteiger partial charge in [0.25, 0.3) is 0 Å². The van der Waals surface area contributed by atoms with E-state index in [1.807, 2.05) is 44.2 Å². The summed E-state index contributed by atoms with van der Waals surface area (Å²) in [6.07, 6.45) is 1.57.